The molecule has 0 saturated carbocycles. The average molecular weight is 314 g/mol. The fourth-order valence-corrected chi connectivity index (χ4v) is 2.10. The van der Waals surface area contributed by atoms with E-state index in [9.17, 15) is 9.90 Å². The van der Waals surface area contributed by atoms with Crippen molar-refractivity contribution >= 4 is 11.7 Å². The van der Waals surface area contributed by atoms with Crippen molar-refractivity contribution in [2.24, 2.45) is 0 Å². The first-order valence-electron chi connectivity index (χ1n) is 7.52. The van der Waals surface area contributed by atoms with Crippen molar-refractivity contribution in [2.75, 3.05) is 18.5 Å². The molecule has 0 radical (unpaired) electrons. The molecule has 2 aromatic rings. The van der Waals surface area contributed by atoms with Crippen LogP contribution >= 0.6 is 0 Å². The van der Waals surface area contributed by atoms with Crippen LogP contribution in [0, 0.1) is 13.8 Å². The maximum absolute atomic E-state index is 11.9. The van der Waals surface area contributed by atoms with E-state index in [0.29, 0.717) is 5.75 Å². The third kappa shape index (κ3) is 5.64. The summed E-state index contributed by atoms with van der Waals surface area (Å²) in [6.45, 7) is 4.17. The zero-order chi connectivity index (χ0) is 16.7. The minimum absolute atomic E-state index is 0.115. The molecule has 0 aromatic heterocycles. The van der Waals surface area contributed by atoms with Crippen molar-refractivity contribution in [1.29, 1.82) is 0 Å². The van der Waals surface area contributed by atoms with Gasteiger partial charge in [0.2, 0.25) is 0 Å². The highest BCUT2D eigenvalue weighted by atomic mass is 16.5. The van der Waals surface area contributed by atoms with Crippen LogP contribution < -0.4 is 15.4 Å². The van der Waals surface area contributed by atoms with Crippen LogP contribution in [0.3, 0.4) is 0 Å². The number of rotatable bonds is 6. The first kappa shape index (κ1) is 16.8. The summed E-state index contributed by atoms with van der Waals surface area (Å²) in [5, 5.41) is 15.2. The summed E-state index contributed by atoms with van der Waals surface area (Å²) >= 11 is 0. The van der Waals surface area contributed by atoms with E-state index < -0.39 is 6.10 Å². The molecule has 0 saturated heterocycles. The van der Waals surface area contributed by atoms with Crippen molar-refractivity contribution in [3.63, 3.8) is 0 Å². The van der Waals surface area contributed by atoms with E-state index in [1.807, 2.05) is 62.4 Å². The van der Waals surface area contributed by atoms with E-state index in [-0.39, 0.29) is 19.2 Å². The standard InChI is InChI=1S/C18H22N2O3/c1-13-8-9-17(14(2)10-13)20-18(22)19-11-15(21)12-23-16-6-4-3-5-7-16/h3-10,15,21H,11-12H2,1-2H3,(H2,19,20,22). The Morgan fingerprint density at radius 1 is 1.17 bits per heavy atom. The quantitative estimate of drug-likeness (QED) is 0.768. The number of anilines is 1. The van der Waals surface area contributed by atoms with Crippen molar-refractivity contribution in [3.05, 3.63) is 59.7 Å². The van der Waals surface area contributed by atoms with Crippen LogP contribution in [0.5, 0.6) is 5.75 Å². The van der Waals surface area contributed by atoms with E-state index in [1.54, 1.807) is 0 Å². The molecule has 1 atom stereocenters. The smallest absolute Gasteiger partial charge is 0.319 e. The Morgan fingerprint density at radius 3 is 2.61 bits per heavy atom. The van der Waals surface area contributed by atoms with Gasteiger partial charge >= 0.3 is 6.03 Å². The van der Waals surface area contributed by atoms with Crippen LogP contribution in [0.4, 0.5) is 10.5 Å². The zero-order valence-corrected chi connectivity index (χ0v) is 13.4. The molecule has 3 N–H and O–H groups in total. The number of urea groups is 1. The van der Waals surface area contributed by atoms with Crippen LogP contribution in [-0.2, 0) is 0 Å². The number of hydrogen-bond donors (Lipinski definition) is 3. The summed E-state index contributed by atoms with van der Waals surface area (Å²) in [5.41, 5.74) is 2.89. The second kappa shape index (κ2) is 8.19. The van der Waals surface area contributed by atoms with Gasteiger partial charge in [-0.05, 0) is 37.6 Å². The maximum Gasteiger partial charge on any atom is 0.319 e. The lowest BCUT2D eigenvalue weighted by Crippen LogP contribution is -2.37. The number of benzene rings is 2. The highest BCUT2D eigenvalue weighted by Crippen LogP contribution is 2.15. The third-order valence-electron chi connectivity index (χ3n) is 3.31. The van der Waals surface area contributed by atoms with Gasteiger partial charge in [0, 0.05) is 12.2 Å². The Balaban J connectivity index is 1.73. The lowest BCUT2D eigenvalue weighted by molar-refractivity contribution is 0.108. The summed E-state index contributed by atoms with van der Waals surface area (Å²) in [5.74, 6) is 0.686. The molecule has 0 aliphatic heterocycles. The Bertz CT molecular complexity index is 644. The first-order chi connectivity index (χ1) is 11.0. The second-order valence-electron chi connectivity index (χ2n) is 5.43. The number of carbonyl (C=O) groups is 1. The number of carbonyl (C=O) groups excluding carboxylic acids is 1. The number of hydrogen-bond acceptors (Lipinski definition) is 3. The number of aliphatic hydroxyl groups is 1. The molecule has 0 aliphatic rings. The topological polar surface area (TPSA) is 70.6 Å². The lowest BCUT2D eigenvalue weighted by Gasteiger charge is -2.14. The molecule has 0 bridgehead atoms. The molecule has 0 spiro atoms. The second-order valence-corrected chi connectivity index (χ2v) is 5.43. The Kier molecular flexibility index (Phi) is 6.00. The molecule has 2 aromatic carbocycles. The number of ether oxygens (including phenoxy) is 1. The maximum atomic E-state index is 11.9. The van der Waals surface area contributed by atoms with Crippen molar-refractivity contribution in [2.45, 2.75) is 20.0 Å². The molecule has 5 nitrogen and oxygen atoms in total. The third-order valence-corrected chi connectivity index (χ3v) is 3.31. The van der Waals surface area contributed by atoms with Gasteiger partial charge in [0.05, 0.1) is 0 Å². The number of aryl methyl sites for hydroxylation is 2. The van der Waals surface area contributed by atoms with Crippen molar-refractivity contribution in [1.82, 2.24) is 5.32 Å². The van der Waals surface area contributed by atoms with Crippen LogP contribution in [0.2, 0.25) is 0 Å². The van der Waals surface area contributed by atoms with E-state index >= 15 is 0 Å². The molecular formula is C18H22N2O3. The summed E-state index contributed by atoms with van der Waals surface area (Å²) in [6.07, 6.45) is -0.778. The number of amides is 2. The Hall–Kier alpha value is -2.53. The van der Waals surface area contributed by atoms with E-state index in [2.05, 4.69) is 10.6 Å². The highest BCUT2D eigenvalue weighted by Gasteiger charge is 2.09. The SMILES string of the molecule is Cc1ccc(NC(=O)NCC(O)COc2ccccc2)c(C)c1. The van der Waals surface area contributed by atoms with Gasteiger partial charge in [0.1, 0.15) is 18.5 Å². The van der Waals surface area contributed by atoms with Gasteiger partial charge in [0.25, 0.3) is 0 Å². The van der Waals surface area contributed by atoms with Gasteiger partial charge < -0.3 is 20.5 Å². The van der Waals surface area contributed by atoms with Crippen molar-refractivity contribution in [3.8, 4) is 5.75 Å². The highest BCUT2D eigenvalue weighted by molar-refractivity contribution is 5.90. The summed E-state index contributed by atoms with van der Waals surface area (Å²) in [4.78, 5) is 11.9. The molecular weight excluding hydrogens is 292 g/mol. The van der Waals surface area contributed by atoms with Crippen LogP contribution in [-0.4, -0.2) is 30.4 Å². The number of para-hydroxylation sites is 1. The summed E-state index contributed by atoms with van der Waals surface area (Å²) in [6, 6.07) is 14.7. The molecule has 23 heavy (non-hydrogen) atoms. The van der Waals surface area contributed by atoms with E-state index in [1.165, 1.54) is 0 Å². The average Bonchev–Trinajstić information content (AvgIpc) is 2.54. The molecule has 0 aliphatic carbocycles. The zero-order valence-electron chi connectivity index (χ0n) is 13.4. The number of aliphatic hydroxyl groups excluding tert-OH is 1. The van der Waals surface area contributed by atoms with Gasteiger partial charge in [-0.1, -0.05) is 35.9 Å². The molecule has 2 rings (SSSR count). The fraction of sp³-hybridized carbons (Fsp3) is 0.278. The minimum atomic E-state index is -0.778. The minimum Gasteiger partial charge on any atom is -0.491 e. The normalized spacial score (nSPS) is 11.6. The molecule has 0 heterocycles. The van der Waals surface area contributed by atoms with E-state index in [4.69, 9.17) is 4.74 Å². The number of nitrogens with one attached hydrogen (secondary N) is 2. The van der Waals surface area contributed by atoms with Gasteiger partial charge in [-0.25, -0.2) is 4.79 Å². The largest absolute Gasteiger partial charge is 0.491 e. The van der Waals surface area contributed by atoms with E-state index in [0.717, 1.165) is 16.8 Å². The van der Waals surface area contributed by atoms with Crippen LogP contribution in [0.25, 0.3) is 0 Å². The predicted octanol–water partition coefficient (Wildman–Crippen LogP) is 2.86. The molecule has 122 valence electrons. The molecule has 2 amide bonds. The monoisotopic (exact) mass is 314 g/mol. The van der Waals surface area contributed by atoms with Gasteiger partial charge in [-0.15, -0.1) is 0 Å². The van der Waals surface area contributed by atoms with Crippen molar-refractivity contribution < 1.29 is 14.6 Å². The van der Waals surface area contributed by atoms with Crippen LogP contribution in [0.15, 0.2) is 48.5 Å². The molecule has 5 heteroatoms. The fourth-order valence-electron chi connectivity index (χ4n) is 2.10. The first-order valence-corrected chi connectivity index (χ1v) is 7.52. The lowest BCUT2D eigenvalue weighted by atomic mass is 10.1. The molecule has 0 fully saturated rings. The Morgan fingerprint density at radius 2 is 1.91 bits per heavy atom. The van der Waals surface area contributed by atoms with Crippen LogP contribution in [0.1, 0.15) is 11.1 Å². The summed E-state index contributed by atoms with van der Waals surface area (Å²) < 4.78 is 5.43. The predicted molar refractivity (Wildman–Crippen MR) is 90.9 cm³/mol. The van der Waals surface area contributed by atoms with Gasteiger partial charge in [-0.2, -0.15) is 0 Å². The Labute approximate surface area is 136 Å². The molecule has 1 unspecified atom stereocenters. The van der Waals surface area contributed by atoms with Gasteiger partial charge in [-0.3, -0.25) is 0 Å². The summed E-state index contributed by atoms with van der Waals surface area (Å²) in [7, 11) is 0. The van der Waals surface area contributed by atoms with Gasteiger partial charge in [0.15, 0.2) is 0 Å².